The fourth-order valence-electron chi connectivity index (χ4n) is 11.8. The number of rotatable bonds is 6. The number of nitrogens with zero attached hydrogens (tertiary/aromatic N) is 2. The standard InChI is InChI=1S/C67H44N2S2/c1-67(2)57-19-11-9-17-51(57)52-34-32-50(40-58(52)67)69-60-36-29-47(38-56(60)66-64(69)54-33-27-48(39-62(54)71-66)42-15-7-4-8-16-42)45-23-21-44(22-24-45)46-28-35-59-55(37-46)65-63(53-18-10-12-20-61(53)70-65)68(59)49-30-25-43(26-31-49)41-13-5-3-6-14-41/h3-40H,1-2H3. The molecule has 10 aromatic carbocycles. The first kappa shape index (κ1) is 40.6. The number of hydrogen-bond donors (Lipinski definition) is 0. The van der Waals surface area contributed by atoms with Crippen LogP contribution < -0.4 is 0 Å². The summed E-state index contributed by atoms with van der Waals surface area (Å²) >= 11 is 3.81. The summed E-state index contributed by atoms with van der Waals surface area (Å²) < 4.78 is 10.3. The van der Waals surface area contributed by atoms with Crippen molar-refractivity contribution in [3.05, 3.63) is 242 Å². The predicted molar refractivity (Wildman–Crippen MR) is 305 cm³/mol. The van der Waals surface area contributed by atoms with Gasteiger partial charge in [0.05, 0.1) is 31.5 Å². The summed E-state index contributed by atoms with van der Waals surface area (Å²) in [4.78, 5) is 0. The molecule has 4 heterocycles. The van der Waals surface area contributed by atoms with Crippen molar-refractivity contribution in [2.24, 2.45) is 0 Å². The summed E-state index contributed by atoms with van der Waals surface area (Å²) in [5.74, 6) is 0. The molecule has 4 aromatic heterocycles. The topological polar surface area (TPSA) is 9.86 Å². The van der Waals surface area contributed by atoms with Crippen LogP contribution >= 0.6 is 22.7 Å². The molecule has 2 nitrogen and oxygen atoms in total. The monoisotopic (exact) mass is 940 g/mol. The van der Waals surface area contributed by atoms with E-state index in [1.807, 2.05) is 22.7 Å². The van der Waals surface area contributed by atoms with E-state index in [0.29, 0.717) is 0 Å². The van der Waals surface area contributed by atoms with Crippen LogP contribution in [-0.2, 0) is 5.41 Å². The van der Waals surface area contributed by atoms with Gasteiger partial charge in [-0.1, -0.05) is 184 Å². The van der Waals surface area contributed by atoms with Crippen LogP contribution in [0, 0.1) is 0 Å². The lowest BCUT2D eigenvalue weighted by molar-refractivity contribution is 0.660. The normalized spacial score (nSPS) is 13.0. The maximum atomic E-state index is 2.54. The van der Waals surface area contributed by atoms with Crippen LogP contribution in [0.3, 0.4) is 0 Å². The second kappa shape index (κ2) is 15.4. The molecule has 1 aliphatic rings. The van der Waals surface area contributed by atoms with Gasteiger partial charge in [-0.05, 0) is 127 Å². The summed E-state index contributed by atoms with van der Waals surface area (Å²) in [6, 6.07) is 85.7. The lowest BCUT2D eigenvalue weighted by Gasteiger charge is -2.22. The minimum absolute atomic E-state index is 0.0950. The fourth-order valence-corrected chi connectivity index (χ4v) is 14.3. The van der Waals surface area contributed by atoms with Crippen molar-refractivity contribution in [2.75, 3.05) is 0 Å². The lowest BCUT2D eigenvalue weighted by atomic mass is 9.82. The van der Waals surface area contributed by atoms with Crippen LogP contribution in [0.2, 0.25) is 0 Å². The van der Waals surface area contributed by atoms with Crippen LogP contribution in [0.15, 0.2) is 231 Å². The average molecular weight is 941 g/mol. The van der Waals surface area contributed by atoms with Crippen LogP contribution in [0.4, 0.5) is 0 Å². The summed E-state index contributed by atoms with van der Waals surface area (Å²) in [6.07, 6.45) is 0. The molecule has 14 aromatic rings. The zero-order chi connectivity index (χ0) is 47.0. The van der Waals surface area contributed by atoms with Gasteiger partial charge in [0.25, 0.3) is 0 Å². The van der Waals surface area contributed by atoms with Gasteiger partial charge >= 0.3 is 0 Å². The van der Waals surface area contributed by atoms with Gasteiger partial charge in [-0.25, -0.2) is 0 Å². The molecule has 0 radical (unpaired) electrons. The Hall–Kier alpha value is -8.28. The van der Waals surface area contributed by atoms with Crippen molar-refractivity contribution < 1.29 is 0 Å². The van der Waals surface area contributed by atoms with Crippen molar-refractivity contribution in [1.82, 2.24) is 9.13 Å². The van der Waals surface area contributed by atoms with E-state index in [4.69, 9.17) is 0 Å². The SMILES string of the molecule is CC1(C)c2ccccc2-c2ccc(-n3c4ccc(-c5ccc(-c6ccc7c(c6)c6sc8ccccc8c6n7-c6ccc(-c7ccccc7)cc6)cc5)cc4c4sc5cc(-c6ccccc6)ccc5c43)cc21. The third-order valence-electron chi connectivity index (χ3n) is 15.4. The lowest BCUT2D eigenvalue weighted by Crippen LogP contribution is -2.15. The first-order valence-electron chi connectivity index (χ1n) is 24.5. The molecule has 0 spiro atoms. The zero-order valence-electron chi connectivity index (χ0n) is 39.2. The molecular formula is C67H44N2S2. The highest BCUT2D eigenvalue weighted by Gasteiger charge is 2.35. The van der Waals surface area contributed by atoms with Crippen LogP contribution in [0.25, 0.3) is 129 Å². The smallest absolute Gasteiger partial charge is 0.0727 e. The minimum atomic E-state index is -0.0950. The van der Waals surface area contributed by atoms with Gasteiger partial charge in [0, 0.05) is 47.7 Å². The van der Waals surface area contributed by atoms with Gasteiger partial charge in [0.1, 0.15) is 0 Å². The van der Waals surface area contributed by atoms with Crippen molar-refractivity contribution in [3.8, 4) is 67.0 Å². The van der Waals surface area contributed by atoms with Crippen LogP contribution in [0.5, 0.6) is 0 Å². The maximum absolute atomic E-state index is 2.54. The molecule has 71 heavy (non-hydrogen) atoms. The van der Waals surface area contributed by atoms with Gasteiger partial charge in [0.15, 0.2) is 0 Å². The van der Waals surface area contributed by atoms with E-state index in [1.54, 1.807) is 0 Å². The number of hydrogen-bond acceptors (Lipinski definition) is 2. The second-order valence-corrected chi connectivity index (χ2v) is 21.8. The van der Waals surface area contributed by atoms with Crippen molar-refractivity contribution in [1.29, 1.82) is 0 Å². The van der Waals surface area contributed by atoms with E-state index in [2.05, 4.69) is 254 Å². The fraction of sp³-hybridized carbons (Fsp3) is 0.0448. The van der Waals surface area contributed by atoms with Crippen LogP contribution in [-0.4, -0.2) is 9.13 Å². The van der Waals surface area contributed by atoms with E-state index in [9.17, 15) is 0 Å². The summed E-state index contributed by atoms with van der Waals surface area (Å²) in [5, 5.41) is 5.14. The molecule has 15 rings (SSSR count). The Morgan fingerprint density at radius 1 is 0.310 bits per heavy atom. The molecule has 1 aliphatic carbocycles. The number of fused-ring (bicyclic) bond motifs is 13. The van der Waals surface area contributed by atoms with Gasteiger partial charge in [-0.15, -0.1) is 22.7 Å². The molecule has 0 bridgehead atoms. The summed E-state index contributed by atoms with van der Waals surface area (Å²) in [6.45, 7) is 4.75. The average Bonchev–Trinajstić information content (AvgIpc) is 4.21. The molecule has 0 saturated heterocycles. The molecule has 0 N–H and O–H groups in total. The Balaban J connectivity index is 0.839. The van der Waals surface area contributed by atoms with Gasteiger partial charge in [-0.2, -0.15) is 0 Å². The molecule has 4 heteroatoms. The Labute approximate surface area is 419 Å². The Kier molecular flexibility index (Phi) is 8.78. The summed E-state index contributed by atoms with van der Waals surface area (Å²) in [5.41, 5.74) is 22.5. The maximum Gasteiger partial charge on any atom is 0.0727 e. The van der Waals surface area contributed by atoms with Crippen LogP contribution in [0.1, 0.15) is 25.0 Å². The quantitative estimate of drug-likeness (QED) is 0.157. The van der Waals surface area contributed by atoms with E-state index >= 15 is 0 Å². The molecular weight excluding hydrogens is 897 g/mol. The highest BCUT2D eigenvalue weighted by atomic mass is 32.1. The van der Waals surface area contributed by atoms with E-state index in [1.165, 1.54) is 141 Å². The highest BCUT2D eigenvalue weighted by molar-refractivity contribution is 7.27. The molecule has 0 amide bonds. The van der Waals surface area contributed by atoms with Crippen molar-refractivity contribution in [3.63, 3.8) is 0 Å². The third-order valence-corrected chi connectivity index (χ3v) is 17.7. The second-order valence-electron chi connectivity index (χ2n) is 19.7. The van der Waals surface area contributed by atoms with Crippen molar-refractivity contribution >= 4 is 85.1 Å². The number of aromatic nitrogens is 2. The van der Waals surface area contributed by atoms with Crippen molar-refractivity contribution in [2.45, 2.75) is 19.3 Å². The number of thiophene rings is 2. The highest BCUT2D eigenvalue weighted by Crippen LogP contribution is 2.51. The van der Waals surface area contributed by atoms with Gasteiger partial charge in [-0.3, -0.25) is 0 Å². The predicted octanol–water partition coefficient (Wildman–Crippen LogP) is 19.3. The Morgan fingerprint density at radius 3 is 1.44 bits per heavy atom. The first-order valence-corrected chi connectivity index (χ1v) is 26.1. The Morgan fingerprint density at radius 2 is 0.761 bits per heavy atom. The third kappa shape index (κ3) is 6.12. The molecule has 0 fully saturated rings. The van der Waals surface area contributed by atoms with E-state index in [0.717, 1.165) is 0 Å². The zero-order valence-corrected chi connectivity index (χ0v) is 40.8. The molecule has 0 aliphatic heterocycles. The van der Waals surface area contributed by atoms with E-state index in [-0.39, 0.29) is 5.41 Å². The van der Waals surface area contributed by atoms with E-state index < -0.39 is 0 Å². The first-order chi connectivity index (χ1) is 34.9. The van der Waals surface area contributed by atoms with Gasteiger partial charge in [0.2, 0.25) is 0 Å². The molecule has 334 valence electrons. The molecule has 0 saturated carbocycles. The minimum Gasteiger partial charge on any atom is -0.308 e. The van der Waals surface area contributed by atoms with Gasteiger partial charge < -0.3 is 9.13 Å². The number of benzene rings is 10. The summed E-state index contributed by atoms with van der Waals surface area (Å²) in [7, 11) is 0. The molecule has 0 atom stereocenters. The largest absolute Gasteiger partial charge is 0.308 e. The Bertz CT molecular complexity index is 4450. The molecule has 0 unspecified atom stereocenters.